The van der Waals surface area contributed by atoms with Crippen LogP contribution in [-0.4, -0.2) is 75.2 Å². The van der Waals surface area contributed by atoms with Crippen molar-refractivity contribution >= 4 is 16.1 Å². The normalized spacial score (nSPS) is 26.9. The SMILES string of the molecule is CS(=O)(=O)OC1CCN(c2ncc(OC3CC(OC4CCNCC4)C3)cn2)CC1. The predicted molar refractivity (Wildman–Crippen MR) is 108 cm³/mol. The van der Waals surface area contributed by atoms with Crippen molar-refractivity contribution in [2.24, 2.45) is 0 Å². The van der Waals surface area contributed by atoms with Gasteiger partial charge in [0.25, 0.3) is 10.1 Å². The number of rotatable bonds is 7. The Kier molecular flexibility index (Phi) is 6.53. The lowest BCUT2D eigenvalue weighted by Gasteiger charge is -2.38. The number of ether oxygens (including phenoxy) is 2. The predicted octanol–water partition coefficient (Wildman–Crippen LogP) is 1.10. The average Bonchev–Trinajstić information content (AvgIpc) is 2.67. The molecule has 0 radical (unpaired) electrons. The molecule has 0 bridgehead atoms. The fraction of sp³-hybridized carbons (Fsp3) is 0.789. The number of hydrogen-bond acceptors (Lipinski definition) is 9. The number of aromatic nitrogens is 2. The molecule has 3 fully saturated rings. The largest absolute Gasteiger partial charge is 0.487 e. The molecular weight excluding hydrogens is 396 g/mol. The third-order valence-electron chi connectivity index (χ3n) is 5.68. The van der Waals surface area contributed by atoms with Gasteiger partial charge >= 0.3 is 0 Å². The summed E-state index contributed by atoms with van der Waals surface area (Å²) in [4.78, 5) is 10.9. The van der Waals surface area contributed by atoms with E-state index in [1.807, 2.05) is 4.90 Å². The van der Waals surface area contributed by atoms with Gasteiger partial charge in [-0.25, -0.2) is 9.97 Å². The molecule has 0 spiro atoms. The Labute approximate surface area is 172 Å². The van der Waals surface area contributed by atoms with Crippen LogP contribution in [-0.2, 0) is 19.0 Å². The highest BCUT2D eigenvalue weighted by atomic mass is 32.2. The number of anilines is 1. The van der Waals surface area contributed by atoms with Crippen LogP contribution in [0.5, 0.6) is 5.75 Å². The maximum Gasteiger partial charge on any atom is 0.264 e. The van der Waals surface area contributed by atoms with Crippen LogP contribution < -0.4 is 15.0 Å². The van der Waals surface area contributed by atoms with Crippen LogP contribution in [0.2, 0.25) is 0 Å². The van der Waals surface area contributed by atoms with Gasteiger partial charge in [-0.3, -0.25) is 4.18 Å². The minimum Gasteiger partial charge on any atom is -0.487 e. The van der Waals surface area contributed by atoms with Gasteiger partial charge in [-0.1, -0.05) is 0 Å². The Morgan fingerprint density at radius 2 is 1.62 bits per heavy atom. The van der Waals surface area contributed by atoms with Crippen molar-refractivity contribution in [3.05, 3.63) is 12.4 Å². The number of nitrogens with one attached hydrogen (secondary N) is 1. The molecule has 1 saturated carbocycles. The third-order valence-corrected chi connectivity index (χ3v) is 6.30. The molecule has 3 heterocycles. The molecule has 1 aliphatic carbocycles. The molecule has 1 aromatic rings. The first-order chi connectivity index (χ1) is 13.9. The number of piperidine rings is 2. The highest BCUT2D eigenvalue weighted by molar-refractivity contribution is 7.86. The molecule has 10 heteroatoms. The van der Waals surface area contributed by atoms with Crippen LogP contribution in [0.15, 0.2) is 12.4 Å². The summed E-state index contributed by atoms with van der Waals surface area (Å²) in [6.45, 7) is 3.42. The van der Waals surface area contributed by atoms with Crippen LogP contribution in [0.1, 0.15) is 38.5 Å². The second kappa shape index (κ2) is 9.11. The second-order valence-corrected chi connectivity index (χ2v) is 9.72. The van der Waals surface area contributed by atoms with E-state index in [-0.39, 0.29) is 12.2 Å². The van der Waals surface area contributed by atoms with Crippen LogP contribution in [0.25, 0.3) is 0 Å². The monoisotopic (exact) mass is 426 g/mol. The molecule has 0 unspecified atom stereocenters. The van der Waals surface area contributed by atoms with E-state index in [9.17, 15) is 8.42 Å². The van der Waals surface area contributed by atoms with Crippen molar-refractivity contribution < 1.29 is 22.1 Å². The summed E-state index contributed by atoms with van der Waals surface area (Å²) in [5.41, 5.74) is 0. The van der Waals surface area contributed by atoms with Gasteiger partial charge in [0, 0.05) is 25.9 Å². The first-order valence-electron chi connectivity index (χ1n) is 10.4. The number of hydrogen-bond donors (Lipinski definition) is 1. The fourth-order valence-electron chi connectivity index (χ4n) is 4.05. The smallest absolute Gasteiger partial charge is 0.264 e. The molecule has 1 aromatic heterocycles. The first-order valence-corrected chi connectivity index (χ1v) is 12.2. The van der Waals surface area contributed by atoms with Gasteiger partial charge in [0.15, 0.2) is 5.75 Å². The van der Waals surface area contributed by atoms with Crippen LogP contribution in [0.4, 0.5) is 5.95 Å². The second-order valence-electron chi connectivity index (χ2n) is 8.12. The standard InChI is InChI=1S/C19H30N4O5S/c1-29(24,25)28-15-4-8-23(9-5-15)19-21-12-18(13-22-19)27-17-10-16(11-17)26-14-2-6-20-7-3-14/h12-17,20H,2-11H2,1H3. The van der Waals surface area contributed by atoms with Gasteiger partial charge in [0.2, 0.25) is 5.95 Å². The van der Waals surface area contributed by atoms with Crippen molar-refractivity contribution in [3.63, 3.8) is 0 Å². The lowest BCUT2D eigenvalue weighted by molar-refractivity contribution is -0.103. The average molecular weight is 427 g/mol. The highest BCUT2D eigenvalue weighted by Crippen LogP contribution is 2.30. The van der Waals surface area contributed by atoms with Gasteiger partial charge in [0.1, 0.15) is 6.10 Å². The fourth-order valence-corrected chi connectivity index (χ4v) is 4.74. The third kappa shape index (κ3) is 6.00. The van der Waals surface area contributed by atoms with E-state index in [1.165, 1.54) is 0 Å². The summed E-state index contributed by atoms with van der Waals surface area (Å²) in [6.07, 6.45) is 10.4. The van der Waals surface area contributed by atoms with E-state index in [1.54, 1.807) is 12.4 Å². The minimum absolute atomic E-state index is 0.167. The Morgan fingerprint density at radius 3 is 2.24 bits per heavy atom. The van der Waals surface area contributed by atoms with E-state index in [2.05, 4.69) is 15.3 Å². The maximum absolute atomic E-state index is 11.2. The molecule has 4 rings (SSSR count). The zero-order chi connectivity index (χ0) is 20.3. The summed E-state index contributed by atoms with van der Waals surface area (Å²) >= 11 is 0. The van der Waals surface area contributed by atoms with E-state index >= 15 is 0 Å². The van der Waals surface area contributed by atoms with Gasteiger partial charge in [-0.2, -0.15) is 8.42 Å². The van der Waals surface area contributed by atoms with Gasteiger partial charge < -0.3 is 19.7 Å². The molecule has 162 valence electrons. The van der Waals surface area contributed by atoms with Crippen LogP contribution in [0, 0.1) is 0 Å². The van der Waals surface area contributed by atoms with Crippen molar-refractivity contribution in [2.45, 2.75) is 62.9 Å². The van der Waals surface area contributed by atoms with E-state index in [0.717, 1.165) is 45.0 Å². The van der Waals surface area contributed by atoms with E-state index < -0.39 is 10.1 Å². The van der Waals surface area contributed by atoms with Crippen molar-refractivity contribution in [1.82, 2.24) is 15.3 Å². The van der Waals surface area contributed by atoms with Crippen molar-refractivity contribution in [2.75, 3.05) is 37.3 Å². The molecule has 9 nitrogen and oxygen atoms in total. The minimum atomic E-state index is -3.41. The Morgan fingerprint density at radius 1 is 0.966 bits per heavy atom. The Balaban J connectivity index is 1.18. The van der Waals surface area contributed by atoms with Gasteiger partial charge in [0.05, 0.1) is 37.0 Å². The first kappa shape index (κ1) is 20.8. The lowest BCUT2D eigenvalue weighted by Crippen LogP contribution is -2.43. The molecule has 0 aromatic carbocycles. The summed E-state index contributed by atoms with van der Waals surface area (Å²) in [5.74, 6) is 1.31. The molecule has 29 heavy (non-hydrogen) atoms. The summed E-state index contributed by atoms with van der Waals surface area (Å²) < 4.78 is 39.6. The quantitative estimate of drug-likeness (QED) is 0.642. The Bertz CT molecular complexity index is 755. The van der Waals surface area contributed by atoms with Crippen LogP contribution >= 0.6 is 0 Å². The zero-order valence-electron chi connectivity index (χ0n) is 16.8. The summed E-state index contributed by atoms with van der Waals surface area (Å²) in [5, 5.41) is 3.35. The molecule has 0 atom stereocenters. The van der Waals surface area contributed by atoms with E-state index in [0.29, 0.717) is 49.8 Å². The van der Waals surface area contributed by atoms with Crippen LogP contribution in [0.3, 0.4) is 0 Å². The molecule has 2 saturated heterocycles. The summed E-state index contributed by atoms with van der Waals surface area (Å²) in [7, 11) is -3.41. The van der Waals surface area contributed by atoms with E-state index in [4.69, 9.17) is 13.7 Å². The summed E-state index contributed by atoms with van der Waals surface area (Å²) in [6, 6.07) is 0. The van der Waals surface area contributed by atoms with Crippen molar-refractivity contribution in [3.8, 4) is 5.75 Å². The van der Waals surface area contributed by atoms with Crippen molar-refractivity contribution in [1.29, 1.82) is 0 Å². The topological polar surface area (TPSA) is 103 Å². The molecule has 0 amide bonds. The molecule has 3 aliphatic rings. The van der Waals surface area contributed by atoms with Gasteiger partial charge in [-0.05, 0) is 38.8 Å². The maximum atomic E-state index is 11.2. The lowest BCUT2D eigenvalue weighted by atomic mass is 9.91. The molecule has 2 aliphatic heterocycles. The highest BCUT2D eigenvalue weighted by Gasteiger charge is 2.34. The number of nitrogens with zero attached hydrogens (tertiary/aromatic N) is 3. The molecule has 1 N–H and O–H groups in total. The van der Waals surface area contributed by atoms with Gasteiger partial charge in [-0.15, -0.1) is 0 Å². The zero-order valence-corrected chi connectivity index (χ0v) is 17.6. The molecular formula is C19H30N4O5S. The Hall–Kier alpha value is -1.49.